The molecular weight excluding hydrogens is 212 g/mol. The molecule has 3 rings (SSSR count). The Kier molecular flexibility index (Phi) is 2.97. The molecule has 2 heterocycles. The van der Waals surface area contributed by atoms with Crippen molar-refractivity contribution in [2.45, 2.75) is 44.7 Å². The molecule has 2 fully saturated rings. The predicted molar refractivity (Wildman–Crippen MR) is 67.6 cm³/mol. The first-order valence-corrected chi connectivity index (χ1v) is 6.68. The van der Waals surface area contributed by atoms with Crippen LogP contribution in [0.3, 0.4) is 0 Å². The maximum Gasteiger partial charge on any atom is 0.151 e. The lowest BCUT2D eigenvalue weighted by atomic mass is 9.92. The molecule has 2 unspecified atom stereocenters. The molecule has 2 atom stereocenters. The molecule has 2 N–H and O–H groups in total. The summed E-state index contributed by atoms with van der Waals surface area (Å²) in [4.78, 5) is 2.47. The number of hydrogen-bond donors (Lipinski definition) is 1. The van der Waals surface area contributed by atoms with Gasteiger partial charge in [-0.15, -0.1) is 5.10 Å². The van der Waals surface area contributed by atoms with E-state index in [4.69, 9.17) is 5.73 Å². The van der Waals surface area contributed by atoms with Crippen molar-refractivity contribution in [2.75, 3.05) is 11.4 Å². The summed E-state index contributed by atoms with van der Waals surface area (Å²) in [5, 5.41) is 8.50. The van der Waals surface area contributed by atoms with Gasteiger partial charge in [0, 0.05) is 19.1 Å². The van der Waals surface area contributed by atoms with Crippen LogP contribution in [0.5, 0.6) is 0 Å². The average molecular weight is 232 g/mol. The van der Waals surface area contributed by atoms with Crippen molar-refractivity contribution < 1.29 is 0 Å². The lowest BCUT2D eigenvalue weighted by Gasteiger charge is -2.38. The van der Waals surface area contributed by atoms with Crippen LogP contribution >= 0.6 is 0 Å². The Morgan fingerprint density at radius 3 is 2.82 bits per heavy atom. The van der Waals surface area contributed by atoms with Crippen molar-refractivity contribution >= 4 is 5.82 Å². The van der Waals surface area contributed by atoms with Crippen molar-refractivity contribution in [3.05, 3.63) is 17.8 Å². The van der Waals surface area contributed by atoms with Crippen molar-refractivity contribution in [1.29, 1.82) is 0 Å². The smallest absolute Gasteiger partial charge is 0.151 e. The number of nitrogens with two attached hydrogens (primary N) is 1. The zero-order valence-corrected chi connectivity index (χ0v) is 10.2. The highest BCUT2D eigenvalue weighted by Crippen LogP contribution is 2.38. The summed E-state index contributed by atoms with van der Waals surface area (Å²) in [6.45, 7) is 1.61. The van der Waals surface area contributed by atoms with E-state index in [2.05, 4.69) is 21.2 Å². The zero-order chi connectivity index (χ0) is 11.7. The first-order chi connectivity index (χ1) is 8.38. The second-order valence-electron chi connectivity index (χ2n) is 5.18. The van der Waals surface area contributed by atoms with Crippen LogP contribution in [0, 0.1) is 5.92 Å². The van der Waals surface area contributed by atoms with Crippen LogP contribution in [0.2, 0.25) is 0 Å². The van der Waals surface area contributed by atoms with Gasteiger partial charge in [0.2, 0.25) is 0 Å². The quantitative estimate of drug-likeness (QED) is 0.843. The van der Waals surface area contributed by atoms with E-state index < -0.39 is 0 Å². The minimum atomic E-state index is 0.472. The third kappa shape index (κ3) is 2.02. The molecule has 0 amide bonds. The number of anilines is 1. The van der Waals surface area contributed by atoms with E-state index in [1.807, 2.05) is 6.07 Å². The fourth-order valence-corrected chi connectivity index (χ4v) is 3.35. The highest BCUT2D eigenvalue weighted by molar-refractivity contribution is 5.40. The Bertz CT molecular complexity index is 376. The molecule has 1 aliphatic carbocycles. The van der Waals surface area contributed by atoms with E-state index >= 15 is 0 Å². The lowest BCUT2D eigenvalue weighted by Crippen LogP contribution is -2.43. The molecule has 4 heteroatoms. The van der Waals surface area contributed by atoms with Gasteiger partial charge in [0.25, 0.3) is 0 Å². The van der Waals surface area contributed by atoms with Gasteiger partial charge in [0.05, 0.1) is 5.69 Å². The molecule has 0 bridgehead atoms. The van der Waals surface area contributed by atoms with Gasteiger partial charge in [-0.3, -0.25) is 0 Å². The SMILES string of the molecule is NCc1ccc(N2CCCC3CCCC32)nn1. The number of hydrogen-bond acceptors (Lipinski definition) is 4. The van der Waals surface area contributed by atoms with Crippen LogP contribution < -0.4 is 10.6 Å². The van der Waals surface area contributed by atoms with Gasteiger partial charge in [-0.2, -0.15) is 5.10 Å². The molecule has 92 valence electrons. The molecule has 1 aliphatic heterocycles. The van der Waals surface area contributed by atoms with Crippen molar-refractivity contribution in [3.63, 3.8) is 0 Å². The molecule has 0 spiro atoms. The topological polar surface area (TPSA) is 55.0 Å². The highest BCUT2D eigenvalue weighted by atomic mass is 15.3. The Hall–Kier alpha value is -1.16. The number of aromatic nitrogens is 2. The molecular formula is C13H20N4. The summed E-state index contributed by atoms with van der Waals surface area (Å²) < 4.78 is 0. The van der Waals surface area contributed by atoms with Gasteiger partial charge >= 0.3 is 0 Å². The molecule has 0 radical (unpaired) electrons. The standard InChI is InChI=1S/C13H20N4/c14-9-11-6-7-13(16-15-11)17-8-2-4-10-3-1-5-12(10)17/h6-7,10,12H,1-5,8-9,14H2. The summed E-state index contributed by atoms with van der Waals surface area (Å²) >= 11 is 0. The Morgan fingerprint density at radius 2 is 2.06 bits per heavy atom. The Labute approximate surface area is 102 Å². The summed E-state index contributed by atoms with van der Waals surface area (Å²) in [6, 6.07) is 4.79. The molecule has 1 aromatic rings. The van der Waals surface area contributed by atoms with Gasteiger partial charge in [-0.25, -0.2) is 0 Å². The van der Waals surface area contributed by atoms with Crippen LogP contribution in [0.15, 0.2) is 12.1 Å². The van der Waals surface area contributed by atoms with E-state index in [1.165, 1.54) is 32.1 Å². The normalized spacial score (nSPS) is 28.2. The monoisotopic (exact) mass is 232 g/mol. The van der Waals surface area contributed by atoms with Gasteiger partial charge < -0.3 is 10.6 Å². The number of rotatable bonds is 2. The fourth-order valence-electron chi connectivity index (χ4n) is 3.35. The van der Waals surface area contributed by atoms with E-state index in [1.54, 1.807) is 0 Å². The van der Waals surface area contributed by atoms with Gasteiger partial charge in [0.1, 0.15) is 0 Å². The lowest BCUT2D eigenvalue weighted by molar-refractivity contribution is 0.360. The van der Waals surface area contributed by atoms with Crippen molar-refractivity contribution in [2.24, 2.45) is 11.7 Å². The van der Waals surface area contributed by atoms with Gasteiger partial charge in [-0.05, 0) is 43.7 Å². The molecule has 0 aromatic carbocycles. The maximum absolute atomic E-state index is 5.55. The minimum absolute atomic E-state index is 0.472. The van der Waals surface area contributed by atoms with E-state index in [9.17, 15) is 0 Å². The second kappa shape index (κ2) is 4.61. The molecule has 1 aromatic heterocycles. The van der Waals surface area contributed by atoms with Gasteiger partial charge in [0.15, 0.2) is 5.82 Å². The van der Waals surface area contributed by atoms with E-state index in [0.717, 1.165) is 24.0 Å². The van der Waals surface area contributed by atoms with Crippen LogP contribution in [0.4, 0.5) is 5.82 Å². The summed E-state index contributed by atoms with van der Waals surface area (Å²) in [7, 11) is 0. The van der Waals surface area contributed by atoms with Crippen LogP contribution in [0.1, 0.15) is 37.8 Å². The third-order valence-corrected chi connectivity index (χ3v) is 4.20. The largest absolute Gasteiger partial charge is 0.352 e. The molecule has 1 saturated carbocycles. The first kappa shape index (κ1) is 11.0. The van der Waals surface area contributed by atoms with Crippen molar-refractivity contribution in [1.82, 2.24) is 10.2 Å². The Balaban J connectivity index is 1.81. The maximum atomic E-state index is 5.55. The summed E-state index contributed by atoms with van der Waals surface area (Å²) in [5.41, 5.74) is 6.42. The zero-order valence-electron chi connectivity index (χ0n) is 10.2. The average Bonchev–Trinajstić information content (AvgIpc) is 2.87. The molecule has 2 aliphatic rings. The van der Waals surface area contributed by atoms with Gasteiger partial charge in [-0.1, -0.05) is 6.42 Å². The third-order valence-electron chi connectivity index (χ3n) is 4.20. The molecule has 4 nitrogen and oxygen atoms in total. The number of nitrogens with zero attached hydrogens (tertiary/aromatic N) is 3. The number of piperidine rings is 1. The summed E-state index contributed by atoms with van der Waals surface area (Å²) in [6.07, 6.45) is 6.79. The predicted octanol–water partition coefficient (Wildman–Crippen LogP) is 1.70. The highest BCUT2D eigenvalue weighted by Gasteiger charge is 2.35. The van der Waals surface area contributed by atoms with Crippen molar-refractivity contribution in [3.8, 4) is 0 Å². The van der Waals surface area contributed by atoms with E-state index in [-0.39, 0.29) is 0 Å². The first-order valence-electron chi connectivity index (χ1n) is 6.68. The molecule has 1 saturated heterocycles. The van der Waals surface area contributed by atoms with Crippen LogP contribution in [-0.2, 0) is 6.54 Å². The summed E-state index contributed by atoms with van der Waals surface area (Å²) in [5.74, 6) is 1.93. The fraction of sp³-hybridized carbons (Fsp3) is 0.692. The second-order valence-corrected chi connectivity index (χ2v) is 5.18. The van der Waals surface area contributed by atoms with Crippen LogP contribution in [0.25, 0.3) is 0 Å². The van der Waals surface area contributed by atoms with E-state index in [0.29, 0.717) is 12.6 Å². The minimum Gasteiger partial charge on any atom is -0.352 e. The van der Waals surface area contributed by atoms with Crippen LogP contribution in [-0.4, -0.2) is 22.8 Å². The Morgan fingerprint density at radius 1 is 1.18 bits per heavy atom. The molecule has 17 heavy (non-hydrogen) atoms. The number of fused-ring (bicyclic) bond motifs is 1.